The summed E-state index contributed by atoms with van der Waals surface area (Å²) in [6.45, 7) is 8.32. The molecule has 0 saturated carbocycles. The second kappa shape index (κ2) is 5.99. The van der Waals surface area contributed by atoms with Gasteiger partial charge >= 0.3 is 0 Å². The fourth-order valence-corrected chi connectivity index (χ4v) is 4.61. The Bertz CT molecular complexity index is 983. The summed E-state index contributed by atoms with van der Waals surface area (Å²) in [7, 11) is 0. The van der Waals surface area contributed by atoms with E-state index < -0.39 is 0 Å². The molecule has 5 heteroatoms. The van der Waals surface area contributed by atoms with Crippen LogP contribution in [0.2, 0.25) is 0 Å². The van der Waals surface area contributed by atoms with E-state index in [-0.39, 0.29) is 5.91 Å². The molecule has 1 atom stereocenters. The summed E-state index contributed by atoms with van der Waals surface area (Å²) < 4.78 is 5.85. The van der Waals surface area contributed by atoms with Crippen LogP contribution in [0.5, 0.6) is 0 Å². The number of amides is 1. The Balaban J connectivity index is 1.63. The van der Waals surface area contributed by atoms with Crippen LogP contribution >= 0.6 is 11.3 Å². The number of aryl methyl sites for hydroxylation is 4. The third-order valence-electron chi connectivity index (χ3n) is 5.17. The molecule has 2 heterocycles. The number of hydrogen-bond acceptors (Lipinski definition) is 4. The molecule has 4 rings (SSSR count). The predicted octanol–water partition coefficient (Wildman–Crippen LogP) is 5.19. The molecular weight excluding hydrogens is 332 g/mol. The van der Waals surface area contributed by atoms with Gasteiger partial charge in [0.1, 0.15) is 5.58 Å². The lowest BCUT2D eigenvalue weighted by Gasteiger charge is -2.15. The molecule has 1 aromatic carbocycles. The topological polar surface area (TPSA) is 55.1 Å². The van der Waals surface area contributed by atoms with E-state index in [4.69, 9.17) is 4.42 Å². The van der Waals surface area contributed by atoms with Crippen molar-refractivity contribution in [1.82, 2.24) is 4.98 Å². The summed E-state index contributed by atoms with van der Waals surface area (Å²) in [6, 6.07) is 4.09. The molecule has 0 spiro atoms. The van der Waals surface area contributed by atoms with Gasteiger partial charge in [0.15, 0.2) is 10.9 Å². The lowest BCUT2D eigenvalue weighted by molar-refractivity contribution is 0.0998. The maximum absolute atomic E-state index is 12.7. The van der Waals surface area contributed by atoms with Crippen molar-refractivity contribution in [2.75, 3.05) is 5.32 Å². The molecule has 0 radical (unpaired) electrons. The molecule has 1 N–H and O–H groups in total. The molecule has 1 aliphatic rings. The SMILES string of the molecule is Cc1cc2oc(C(=O)Nc3nc4c(s3)C[C@@H](C)CC4)c(C)c2cc1C. The summed E-state index contributed by atoms with van der Waals surface area (Å²) in [5.41, 5.74) is 5.15. The van der Waals surface area contributed by atoms with E-state index in [0.29, 0.717) is 16.8 Å². The Morgan fingerprint density at radius 2 is 2.04 bits per heavy atom. The van der Waals surface area contributed by atoms with Crippen LogP contribution < -0.4 is 5.32 Å². The fraction of sp³-hybridized carbons (Fsp3) is 0.400. The highest BCUT2D eigenvalue weighted by Crippen LogP contribution is 2.33. The number of nitrogens with one attached hydrogen (secondary N) is 1. The van der Waals surface area contributed by atoms with Gasteiger partial charge in [-0.2, -0.15) is 0 Å². The Kier molecular flexibility index (Phi) is 3.91. The highest BCUT2D eigenvalue weighted by Gasteiger charge is 2.23. The van der Waals surface area contributed by atoms with Crippen LogP contribution in [-0.2, 0) is 12.8 Å². The van der Waals surface area contributed by atoms with Gasteiger partial charge in [-0.3, -0.25) is 10.1 Å². The minimum Gasteiger partial charge on any atom is -0.451 e. The Labute approximate surface area is 151 Å². The molecule has 2 aromatic heterocycles. The summed E-state index contributed by atoms with van der Waals surface area (Å²) in [5.74, 6) is 0.852. The van der Waals surface area contributed by atoms with Crippen molar-refractivity contribution in [2.45, 2.75) is 47.0 Å². The van der Waals surface area contributed by atoms with Crippen LogP contribution in [0, 0.1) is 26.7 Å². The first-order valence-corrected chi connectivity index (χ1v) is 9.54. The van der Waals surface area contributed by atoms with E-state index in [1.807, 2.05) is 19.9 Å². The fourth-order valence-electron chi connectivity index (χ4n) is 3.44. The van der Waals surface area contributed by atoms with E-state index in [1.165, 1.54) is 16.9 Å². The molecule has 4 nitrogen and oxygen atoms in total. The number of rotatable bonds is 2. The maximum Gasteiger partial charge on any atom is 0.293 e. The zero-order valence-electron chi connectivity index (χ0n) is 15.0. The number of aromatic nitrogens is 1. The van der Waals surface area contributed by atoms with Gasteiger partial charge in [-0.15, -0.1) is 11.3 Å². The summed E-state index contributed by atoms with van der Waals surface area (Å²) in [4.78, 5) is 18.6. The van der Waals surface area contributed by atoms with Crippen LogP contribution in [0.1, 0.15) is 51.2 Å². The van der Waals surface area contributed by atoms with Gasteiger partial charge < -0.3 is 4.42 Å². The molecule has 0 saturated heterocycles. The number of fused-ring (bicyclic) bond motifs is 2. The van der Waals surface area contributed by atoms with Crippen LogP contribution in [0.25, 0.3) is 11.0 Å². The number of hydrogen-bond donors (Lipinski definition) is 1. The zero-order chi connectivity index (χ0) is 17.7. The van der Waals surface area contributed by atoms with Gasteiger partial charge in [0.25, 0.3) is 5.91 Å². The van der Waals surface area contributed by atoms with E-state index in [2.05, 4.69) is 30.2 Å². The molecule has 0 bridgehead atoms. The van der Waals surface area contributed by atoms with E-state index >= 15 is 0 Å². The number of benzene rings is 1. The van der Waals surface area contributed by atoms with Crippen LogP contribution in [0.15, 0.2) is 16.5 Å². The highest BCUT2D eigenvalue weighted by molar-refractivity contribution is 7.15. The van der Waals surface area contributed by atoms with Gasteiger partial charge in [0.2, 0.25) is 0 Å². The Morgan fingerprint density at radius 3 is 2.84 bits per heavy atom. The van der Waals surface area contributed by atoms with Gasteiger partial charge in [0, 0.05) is 15.8 Å². The van der Waals surface area contributed by atoms with Crippen molar-refractivity contribution in [3.63, 3.8) is 0 Å². The lowest BCUT2D eigenvalue weighted by Crippen LogP contribution is -2.12. The average molecular weight is 354 g/mol. The van der Waals surface area contributed by atoms with Crippen molar-refractivity contribution in [2.24, 2.45) is 5.92 Å². The van der Waals surface area contributed by atoms with Crippen molar-refractivity contribution in [3.05, 3.63) is 45.2 Å². The first kappa shape index (κ1) is 16.3. The van der Waals surface area contributed by atoms with Crippen molar-refractivity contribution in [1.29, 1.82) is 0 Å². The molecular formula is C20H22N2O2S. The quantitative estimate of drug-likeness (QED) is 0.689. The number of anilines is 1. The van der Waals surface area contributed by atoms with Crippen molar-refractivity contribution < 1.29 is 9.21 Å². The minimum absolute atomic E-state index is 0.219. The molecule has 0 unspecified atom stereocenters. The lowest BCUT2D eigenvalue weighted by atomic mass is 9.93. The molecule has 25 heavy (non-hydrogen) atoms. The predicted molar refractivity (Wildman–Crippen MR) is 102 cm³/mol. The van der Waals surface area contributed by atoms with Crippen molar-refractivity contribution in [3.8, 4) is 0 Å². The zero-order valence-corrected chi connectivity index (χ0v) is 15.8. The smallest absolute Gasteiger partial charge is 0.293 e. The number of carbonyl (C=O) groups excluding carboxylic acids is 1. The number of nitrogens with zero attached hydrogens (tertiary/aromatic N) is 1. The summed E-state index contributed by atoms with van der Waals surface area (Å²) in [5, 5.41) is 4.61. The van der Waals surface area contributed by atoms with E-state index in [0.717, 1.165) is 40.6 Å². The third kappa shape index (κ3) is 2.86. The second-order valence-electron chi connectivity index (χ2n) is 7.18. The van der Waals surface area contributed by atoms with Gasteiger partial charge in [-0.1, -0.05) is 6.92 Å². The van der Waals surface area contributed by atoms with Crippen LogP contribution in [0.4, 0.5) is 5.13 Å². The molecule has 1 aliphatic carbocycles. The monoisotopic (exact) mass is 354 g/mol. The first-order valence-electron chi connectivity index (χ1n) is 8.72. The Morgan fingerprint density at radius 1 is 1.28 bits per heavy atom. The van der Waals surface area contributed by atoms with Gasteiger partial charge in [-0.05, 0) is 69.2 Å². The van der Waals surface area contributed by atoms with Crippen molar-refractivity contribution >= 4 is 33.3 Å². The molecule has 0 aliphatic heterocycles. The largest absolute Gasteiger partial charge is 0.451 e. The van der Waals surface area contributed by atoms with Crippen LogP contribution in [0.3, 0.4) is 0 Å². The number of carbonyl (C=O) groups is 1. The summed E-state index contributed by atoms with van der Waals surface area (Å²) in [6.07, 6.45) is 3.24. The van der Waals surface area contributed by atoms with Gasteiger partial charge in [-0.25, -0.2) is 4.98 Å². The molecule has 130 valence electrons. The van der Waals surface area contributed by atoms with E-state index in [9.17, 15) is 4.79 Å². The second-order valence-corrected chi connectivity index (χ2v) is 8.26. The van der Waals surface area contributed by atoms with E-state index in [1.54, 1.807) is 11.3 Å². The molecule has 3 aromatic rings. The highest BCUT2D eigenvalue weighted by atomic mass is 32.1. The van der Waals surface area contributed by atoms with Crippen LogP contribution in [-0.4, -0.2) is 10.9 Å². The van der Waals surface area contributed by atoms with Gasteiger partial charge in [0.05, 0.1) is 5.69 Å². The Hall–Kier alpha value is -2.14. The number of furan rings is 1. The first-order chi connectivity index (χ1) is 11.9. The minimum atomic E-state index is -0.219. The molecule has 1 amide bonds. The maximum atomic E-state index is 12.7. The summed E-state index contributed by atoms with van der Waals surface area (Å²) >= 11 is 1.59. The third-order valence-corrected chi connectivity index (χ3v) is 6.20. The standard InChI is InChI=1S/C20H22N2O2S/c1-10-5-6-15-17(7-10)25-20(21-15)22-19(23)18-13(4)14-8-11(2)12(3)9-16(14)24-18/h8-10H,5-7H2,1-4H3,(H,21,22,23)/t10-/m0/s1. The normalized spacial score (nSPS) is 16.9. The average Bonchev–Trinajstić information content (AvgIpc) is 3.09. The number of thiazole rings is 1. The molecule has 0 fully saturated rings.